The van der Waals surface area contributed by atoms with Crippen LogP contribution in [0.5, 0.6) is 0 Å². The Bertz CT molecular complexity index is 246. The number of likely N-dealkylation sites (tertiary alicyclic amines) is 1. The summed E-state index contributed by atoms with van der Waals surface area (Å²) in [5.41, 5.74) is 5.76. The number of carbonyl (C=O) groups is 1. The summed E-state index contributed by atoms with van der Waals surface area (Å²) >= 11 is 0. The number of methoxy groups -OCH3 is 1. The van der Waals surface area contributed by atoms with Gasteiger partial charge >= 0.3 is 0 Å². The zero-order valence-electron chi connectivity index (χ0n) is 11.3. The molecule has 17 heavy (non-hydrogen) atoms. The maximum Gasteiger partial charge on any atom is 0.223 e. The van der Waals surface area contributed by atoms with Crippen molar-refractivity contribution >= 4 is 5.91 Å². The van der Waals surface area contributed by atoms with Crippen LogP contribution in [0, 0.1) is 0 Å². The third kappa shape index (κ3) is 3.96. The molecule has 2 N–H and O–H groups in total. The number of piperidine rings is 1. The van der Waals surface area contributed by atoms with Crippen LogP contribution in [0.4, 0.5) is 0 Å². The van der Waals surface area contributed by atoms with Crippen molar-refractivity contribution < 1.29 is 9.53 Å². The van der Waals surface area contributed by atoms with Crippen molar-refractivity contribution in [2.24, 2.45) is 5.73 Å². The van der Waals surface area contributed by atoms with Gasteiger partial charge in [-0.05, 0) is 39.5 Å². The summed E-state index contributed by atoms with van der Waals surface area (Å²) in [6, 6.07) is 0.576. The Balaban J connectivity index is 2.51. The molecule has 0 aliphatic carbocycles. The van der Waals surface area contributed by atoms with Crippen molar-refractivity contribution in [2.75, 3.05) is 13.7 Å². The number of nitrogens with zero attached hydrogens (tertiary/aromatic N) is 1. The van der Waals surface area contributed by atoms with Gasteiger partial charge in [0.1, 0.15) is 0 Å². The van der Waals surface area contributed by atoms with E-state index in [2.05, 4.69) is 6.92 Å². The van der Waals surface area contributed by atoms with Crippen molar-refractivity contribution in [3.05, 3.63) is 0 Å². The zero-order chi connectivity index (χ0) is 12.8. The van der Waals surface area contributed by atoms with Gasteiger partial charge in [-0.15, -0.1) is 0 Å². The molecule has 0 aromatic heterocycles. The minimum atomic E-state index is 0.148. The Morgan fingerprint density at radius 3 is 2.82 bits per heavy atom. The van der Waals surface area contributed by atoms with Crippen molar-refractivity contribution in [2.45, 2.75) is 64.1 Å². The highest BCUT2D eigenvalue weighted by atomic mass is 16.5. The second-order valence-corrected chi connectivity index (χ2v) is 5.06. The molecule has 1 aliphatic rings. The Morgan fingerprint density at radius 1 is 1.53 bits per heavy atom. The summed E-state index contributed by atoms with van der Waals surface area (Å²) < 4.78 is 5.17. The molecule has 0 spiro atoms. The Hall–Kier alpha value is -0.610. The molecular formula is C13H26N2O2. The average Bonchev–Trinajstić information content (AvgIpc) is 2.34. The van der Waals surface area contributed by atoms with E-state index < -0.39 is 0 Å². The highest BCUT2D eigenvalue weighted by Crippen LogP contribution is 2.23. The molecule has 0 aromatic carbocycles. The maximum atomic E-state index is 12.2. The first-order chi connectivity index (χ1) is 8.10. The van der Waals surface area contributed by atoms with Gasteiger partial charge in [0.2, 0.25) is 5.91 Å². The number of ether oxygens (including phenoxy) is 1. The molecule has 4 heteroatoms. The van der Waals surface area contributed by atoms with Crippen molar-refractivity contribution in [1.82, 2.24) is 4.90 Å². The van der Waals surface area contributed by atoms with Crippen LogP contribution in [0.3, 0.4) is 0 Å². The molecule has 3 atom stereocenters. The van der Waals surface area contributed by atoms with E-state index in [1.165, 1.54) is 6.42 Å². The van der Waals surface area contributed by atoms with Crippen LogP contribution in [0.2, 0.25) is 0 Å². The molecule has 0 aromatic rings. The summed E-state index contributed by atoms with van der Waals surface area (Å²) in [5, 5.41) is 0. The van der Waals surface area contributed by atoms with Crippen LogP contribution in [-0.2, 0) is 9.53 Å². The van der Waals surface area contributed by atoms with Gasteiger partial charge < -0.3 is 15.4 Å². The molecule has 1 amide bonds. The Labute approximate surface area is 104 Å². The SMILES string of the molecule is COC(C)CCC(=O)N1C(C)CCCC1CN. The summed E-state index contributed by atoms with van der Waals surface area (Å²) in [7, 11) is 1.68. The lowest BCUT2D eigenvalue weighted by Gasteiger charge is -2.40. The van der Waals surface area contributed by atoms with Crippen LogP contribution in [-0.4, -0.2) is 42.6 Å². The quantitative estimate of drug-likeness (QED) is 0.795. The summed E-state index contributed by atoms with van der Waals surface area (Å²) in [5.74, 6) is 0.233. The van der Waals surface area contributed by atoms with E-state index in [0.29, 0.717) is 19.0 Å². The number of carbonyl (C=O) groups excluding carboxylic acids is 1. The van der Waals surface area contributed by atoms with Gasteiger partial charge in [0.05, 0.1) is 6.10 Å². The molecule has 100 valence electrons. The van der Waals surface area contributed by atoms with Gasteiger partial charge in [-0.3, -0.25) is 4.79 Å². The maximum absolute atomic E-state index is 12.2. The molecule has 1 fully saturated rings. The monoisotopic (exact) mass is 242 g/mol. The van der Waals surface area contributed by atoms with Crippen LogP contribution < -0.4 is 5.73 Å². The van der Waals surface area contributed by atoms with E-state index in [4.69, 9.17) is 10.5 Å². The minimum Gasteiger partial charge on any atom is -0.382 e. The van der Waals surface area contributed by atoms with Gasteiger partial charge in [-0.1, -0.05) is 0 Å². The highest BCUT2D eigenvalue weighted by Gasteiger charge is 2.30. The summed E-state index contributed by atoms with van der Waals surface area (Å²) in [6.07, 6.45) is 4.83. The van der Waals surface area contributed by atoms with Crippen LogP contribution in [0.15, 0.2) is 0 Å². The normalized spacial score (nSPS) is 26.9. The van der Waals surface area contributed by atoms with Crippen molar-refractivity contribution in [3.8, 4) is 0 Å². The topological polar surface area (TPSA) is 55.6 Å². The first-order valence-corrected chi connectivity index (χ1v) is 6.64. The molecule has 0 radical (unpaired) electrons. The third-order valence-electron chi connectivity index (χ3n) is 3.75. The van der Waals surface area contributed by atoms with Crippen LogP contribution in [0.25, 0.3) is 0 Å². The number of rotatable bonds is 5. The van der Waals surface area contributed by atoms with Crippen LogP contribution in [0.1, 0.15) is 46.0 Å². The van der Waals surface area contributed by atoms with Crippen LogP contribution >= 0.6 is 0 Å². The number of hydrogen-bond acceptors (Lipinski definition) is 3. The van der Waals surface area contributed by atoms with E-state index >= 15 is 0 Å². The van der Waals surface area contributed by atoms with Gasteiger partial charge in [0.15, 0.2) is 0 Å². The molecule has 0 bridgehead atoms. The Morgan fingerprint density at radius 2 is 2.24 bits per heavy atom. The standard InChI is InChI=1S/C13H26N2O2/c1-10-5-4-6-12(9-14)15(10)13(16)8-7-11(2)17-3/h10-12H,4-9,14H2,1-3H3. The second-order valence-electron chi connectivity index (χ2n) is 5.06. The van der Waals surface area contributed by atoms with Gasteiger partial charge in [0.25, 0.3) is 0 Å². The number of hydrogen-bond donors (Lipinski definition) is 1. The lowest BCUT2D eigenvalue weighted by Crippen LogP contribution is -2.51. The predicted octanol–water partition coefficient (Wildman–Crippen LogP) is 1.53. The van der Waals surface area contributed by atoms with Crippen molar-refractivity contribution in [3.63, 3.8) is 0 Å². The van der Waals surface area contributed by atoms with E-state index in [0.717, 1.165) is 19.3 Å². The van der Waals surface area contributed by atoms with Gasteiger partial charge in [-0.25, -0.2) is 0 Å². The number of amides is 1. The molecule has 3 unspecified atom stereocenters. The fourth-order valence-electron chi connectivity index (χ4n) is 2.54. The van der Waals surface area contributed by atoms with Gasteiger partial charge in [-0.2, -0.15) is 0 Å². The lowest BCUT2D eigenvalue weighted by molar-refractivity contribution is -0.138. The minimum absolute atomic E-state index is 0.148. The zero-order valence-corrected chi connectivity index (χ0v) is 11.3. The second kappa shape index (κ2) is 6.97. The fourth-order valence-corrected chi connectivity index (χ4v) is 2.54. The molecular weight excluding hydrogens is 216 g/mol. The summed E-state index contributed by atoms with van der Waals surface area (Å²) in [6.45, 7) is 4.70. The van der Waals surface area contributed by atoms with Gasteiger partial charge in [0, 0.05) is 32.2 Å². The first kappa shape index (κ1) is 14.5. The predicted molar refractivity (Wildman–Crippen MR) is 68.7 cm³/mol. The number of nitrogens with two attached hydrogens (primary N) is 1. The molecule has 1 heterocycles. The molecule has 4 nitrogen and oxygen atoms in total. The van der Waals surface area contributed by atoms with E-state index in [1.54, 1.807) is 7.11 Å². The first-order valence-electron chi connectivity index (χ1n) is 6.64. The van der Waals surface area contributed by atoms with E-state index in [1.807, 2.05) is 11.8 Å². The summed E-state index contributed by atoms with van der Waals surface area (Å²) in [4.78, 5) is 14.2. The van der Waals surface area contributed by atoms with E-state index in [9.17, 15) is 4.79 Å². The molecule has 0 saturated carbocycles. The average molecular weight is 242 g/mol. The molecule has 1 saturated heterocycles. The fraction of sp³-hybridized carbons (Fsp3) is 0.923. The van der Waals surface area contributed by atoms with E-state index in [-0.39, 0.29) is 18.1 Å². The third-order valence-corrected chi connectivity index (χ3v) is 3.75. The van der Waals surface area contributed by atoms with Crippen molar-refractivity contribution in [1.29, 1.82) is 0 Å². The Kier molecular flexibility index (Phi) is 5.92. The lowest BCUT2D eigenvalue weighted by atomic mass is 9.95. The molecule has 1 rings (SSSR count). The highest BCUT2D eigenvalue weighted by molar-refractivity contribution is 5.77. The largest absolute Gasteiger partial charge is 0.382 e. The molecule has 1 aliphatic heterocycles. The smallest absolute Gasteiger partial charge is 0.223 e.